The van der Waals surface area contributed by atoms with Crippen LogP contribution in [0.5, 0.6) is 11.5 Å². The van der Waals surface area contributed by atoms with Crippen LogP contribution >= 0.6 is 0 Å². The fourth-order valence-corrected chi connectivity index (χ4v) is 2.48. The van der Waals surface area contributed by atoms with Crippen molar-refractivity contribution < 1.29 is 19.1 Å². The van der Waals surface area contributed by atoms with E-state index in [2.05, 4.69) is 10.1 Å². The van der Waals surface area contributed by atoms with E-state index in [9.17, 15) is 9.59 Å². The molecule has 138 valence electrons. The Morgan fingerprint density at radius 3 is 2.38 bits per heavy atom. The summed E-state index contributed by atoms with van der Waals surface area (Å²) in [7, 11) is 1.40. The minimum atomic E-state index is -0.170. The first-order valence-electron chi connectivity index (χ1n) is 8.87. The highest BCUT2D eigenvalue weighted by molar-refractivity contribution is 5.94. The highest BCUT2D eigenvalue weighted by Gasteiger charge is 2.07. The lowest BCUT2D eigenvalue weighted by Crippen LogP contribution is -2.24. The molecular formula is C21H25NO4. The van der Waals surface area contributed by atoms with E-state index >= 15 is 0 Å². The van der Waals surface area contributed by atoms with E-state index in [1.54, 1.807) is 18.2 Å². The molecule has 5 nitrogen and oxygen atoms in total. The van der Waals surface area contributed by atoms with E-state index in [4.69, 9.17) is 4.74 Å². The molecule has 0 spiro atoms. The van der Waals surface area contributed by atoms with Gasteiger partial charge in [-0.05, 0) is 43.2 Å². The molecule has 0 heterocycles. The summed E-state index contributed by atoms with van der Waals surface area (Å²) in [5, 5.41) is 2.91. The number of ether oxygens (including phenoxy) is 2. The zero-order valence-corrected chi connectivity index (χ0v) is 15.1. The molecule has 1 amide bonds. The second-order valence-electron chi connectivity index (χ2n) is 5.94. The summed E-state index contributed by atoms with van der Waals surface area (Å²) in [6.45, 7) is 0.612. The molecule has 0 aliphatic rings. The van der Waals surface area contributed by atoms with Gasteiger partial charge in [0, 0.05) is 18.5 Å². The Labute approximate surface area is 154 Å². The lowest BCUT2D eigenvalue weighted by Gasteiger charge is -2.08. The average molecular weight is 355 g/mol. The Hall–Kier alpha value is -2.82. The summed E-state index contributed by atoms with van der Waals surface area (Å²) < 4.78 is 10.3. The fourth-order valence-electron chi connectivity index (χ4n) is 2.48. The number of carbonyl (C=O) groups excluding carboxylic acids is 2. The largest absolute Gasteiger partial charge is 0.469 e. The third-order valence-electron chi connectivity index (χ3n) is 3.90. The number of carbonyl (C=O) groups is 2. The van der Waals surface area contributed by atoms with Gasteiger partial charge in [-0.2, -0.15) is 0 Å². The lowest BCUT2D eigenvalue weighted by atomic mass is 10.1. The number of benzene rings is 2. The summed E-state index contributed by atoms with van der Waals surface area (Å²) in [6.07, 6.45) is 4.07. The van der Waals surface area contributed by atoms with Crippen LogP contribution in [0.4, 0.5) is 0 Å². The average Bonchev–Trinajstić information content (AvgIpc) is 2.67. The van der Waals surface area contributed by atoms with E-state index in [0.29, 0.717) is 24.3 Å². The van der Waals surface area contributed by atoms with Crippen molar-refractivity contribution in [3.05, 3.63) is 60.2 Å². The van der Waals surface area contributed by atoms with Crippen LogP contribution in [0.3, 0.4) is 0 Å². The third-order valence-corrected chi connectivity index (χ3v) is 3.90. The summed E-state index contributed by atoms with van der Waals surface area (Å²) in [5.41, 5.74) is 0.573. The lowest BCUT2D eigenvalue weighted by molar-refractivity contribution is -0.140. The number of esters is 1. The third kappa shape index (κ3) is 6.97. The maximum absolute atomic E-state index is 12.2. The minimum absolute atomic E-state index is 0.113. The van der Waals surface area contributed by atoms with Crippen molar-refractivity contribution >= 4 is 11.9 Å². The first-order chi connectivity index (χ1) is 12.7. The molecule has 2 rings (SSSR count). The number of hydrogen-bond acceptors (Lipinski definition) is 4. The Balaban J connectivity index is 1.70. The number of para-hydroxylation sites is 1. The monoisotopic (exact) mass is 355 g/mol. The topological polar surface area (TPSA) is 64.6 Å². The number of unbranched alkanes of at least 4 members (excludes halogenated alkanes) is 3. The molecule has 2 aromatic rings. The van der Waals surface area contributed by atoms with E-state index in [1.807, 2.05) is 36.4 Å². The van der Waals surface area contributed by atoms with Crippen LogP contribution in [0.25, 0.3) is 0 Å². The van der Waals surface area contributed by atoms with Crippen molar-refractivity contribution in [1.82, 2.24) is 5.32 Å². The zero-order chi connectivity index (χ0) is 18.6. The molecule has 0 saturated carbocycles. The van der Waals surface area contributed by atoms with E-state index < -0.39 is 0 Å². The van der Waals surface area contributed by atoms with Gasteiger partial charge in [0.1, 0.15) is 11.5 Å². The predicted molar refractivity (Wildman–Crippen MR) is 100 cm³/mol. The number of amides is 1. The molecule has 0 unspecified atom stereocenters. The first kappa shape index (κ1) is 19.5. The van der Waals surface area contributed by atoms with Crippen LogP contribution in [-0.4, -0.2) is 25.5 Å². The smallest absolute Gasteiger partial charge is 0.305 e. The molecule has 5 heteroatoms. The quantitative estimate of drug-likeness (QED) is 0.509. The van der Waals surface area contributed by atoms with E-state index in [0.717, 1.165) is 31.4 Å². The summed E-state index contributed by atoms with van der Waals surface area (Å²) >= 11 is 0. The number of rotatable bonds is 10. The summed E-state index contributed by atoms with van der Waals surface area (Å²) in [4.78, 5) is 23.2. The molecule has 0 aromatic heterocycles. The molecule has 0 radical (unpaired) electrons. The maximum atomic E-state index is 12.2. The normalized spacial score (nSPS) is 10.2. The Morgan fingerprint density at radius 2 is 1.62 bits per heavy atom. The van der Waals surface area contributed by atoms with Crippen molar-refractivity contribution in [3.63, 3.8) is 0 Å². The van der Waals surface area contributed by atoms with Crippen LogP contribution in [0.1, 0.15) is 42.5 Å². The molecule has 0 aliphatic heterocycles. The van der Waals surface area contributed by atoms with Crippen molar-refractivity contribution in [1.29, 1.82) is 0 Å². The van der Waals surface area contributed by atoms with Gasteiger partial charge in [-0.3, -0.25) is 9.59 Å². The highest BCUT2D eigenvalue weighted by Crippen LogP contribution is 2.21. The maximum Gasteiger partial charge on any atom is 0.305 e. The summed E-state index contributed by atoms with van der Waals surface area (Å²) in [6, 6.07) is 16.6. The molecule has 2 aromatic carbocycles. The van der Waals surface area contributed by atoms with E-state index in [1.165, 1.54) is 7.11 Å². The van der Waals surface area contributed by atoms with Gasteiger partial charge in [-0.15, -0.1) is 0 Å². The van der Waals surface area contributed by atoms with E-state index in [-0.39, 0.29) is 11.9 Å². The second-order valence-corrected chi connectivity index (χ2v) is 5.94. The zero-order valence-electron chi connectivity index (χ0n) is 15.1. The van der Waals surface area contributed by atoms with Gasteiger partial charge in [0.2, 0.25) is 0 Å². The number of nitrogens with one attached hydrogen (secondary N) is 1. The van der Waals surface area contributed by atoms with Gasteiger partial charge in [0.05, 0.1) is 7.11 Å². The minimum Gasteiger partial charge on any atom is -0.469 e. The Morgan fingerprint density at radius 1 is 0.885 bits per heavy atom. The molecule has 0 bridgehead atoms. The second kappa shape index (κ2) is 10.9. The molecule has 0 atom stereocenters. The summed E-state index contributed by atoms with van der Waals surface area (Å²) in [5.74, 6) is 1.08. The van der Waals surface area contributed by atoms with Crippen molar-refractivity contribution in [2.75, 3.05) is 13.7 Å². The van der Waals surface area contributed by atoms with Crippen LogP contribution in [0.15, 0.2) is 54.6 Å². The number of methoxy groups -OCH3 is 1. The van der Waals surface area contributed by atoms with Crippen LogP contribution in [0.2, 0.25) is 0 Å². The van der Waals surface area contributed by atoms with Gasteiger partial charge in [0.15, 0.2) is 0 Å². The SMILES string of the molecule is COC(=O)CCCCCCNC(=O)c1cccc(Oc2ccccc2)c1. The molecule has 0 saturated heterocycles. The number of hydrogen-bond donors (Lipinski definition) is 1. The van der Waals surface area contributed by atoms with Gasteiger partial charge in [-0.1, -0.05) is 37.1 Å². The van der Waals surface area contributed by atoms with Crippen molar-refractivity contribution in [2.24, 2.45) is 0 Å². The Bertz CT molecular complexity index is 700. The molecule has 0 fully saturated rings. The first-order valence-corrected chi connectivity index (χ1v) is 8.87. The van der Waals surface area contributed by atoms with Gasteiger partial charge in [0.25, 0.3) is 5.91 Å². The molecule has 1 N–H and O–H groups in total. The standard InChI is InChI=1S/C21H25NO4/c1-25-20(23)14-7-2-3-8-15-22-21(24)17-10-9-13-19(16-17)26-18-11-5-4-6-12-18/h4-6,9-13,16H,2-3,7-8,14-15H2,1H3,(H,22,24). The van der Waals surface area contributed by atoms with Gasteiger partial charge >= 0.3 is 5.97 Å². The fraction of sp³-hybridized carbons (Fsp3) is 0.333. The molecule has 26 heavy (non-hydrogen) atoms. The van der Waals surface area contributed by atoms with Crippen LogP contribution in [0, 0.1) is 0 Å². The molecule has 0 aliphatic carbocycles. The molecular weight excluding hydrogens is 330 g/mol. The highest BCUT2D eigenvalue weighted by atomic mass is 16.5. The van der Waals surface area contributed by atoms with Crippen LogP contribution < -0.4 is 10.1 Å². The van der Waals surface area contributed by atoms with Crippen molar-refractivity contribution in [3.8, 4) is 11.5 Å². The predicted octanol–water partition coefficient (Wildman–Crippen LogP) is 4.33. The van der Waals surface area contributed by atoms with Crippen molar-refractivity contribution in [2.45, 2.75) is 32.1 Å². The van der Waals surface area contributed by atoms with Gasteiger partial charge in [-0.25, -0.2) is 0 Å². The van der Waals surface area contributed by atoms with Crippen LogP contribution in [-0.2, 0) is 9.53 Å². The van der Waals surface area contributed by atoms with Gasteiger partial charge < -0.3 is 14.8 Å². The Kier molecular flexibility index (Phi) is 8.19.